The number of fused-ring (bicyclic) bond motifs is 2. The van der Waals surface area contributed by atoms with Crippen molar-refractivity contribution in [3.05, 3.63) is 28.2 Å². The zero-order valence-corrected chi connectivity index (χ0v) is 17.3. The molecular formula is C19H28BrClN2O2. The zero-order chi connectivity index (χ0) is 17.3. The molecule has 4 nitrogen and oxygen atoms in total. The first kappa shape index (κ1) is 20.5. The molecule has 0 aromatic heterocycles. The van der Waals surface area contributed by atoms with Gasteiger partial charge in [0.2, 0.25) is 5.91 Å². The van der Waals surface area contributed by atoms with Crippen molar-refractivity contribution in [1.29, 1.82) is 0 Å². The van der Waals surface area contributed by atoms with Crippen molar-refractivity contribution < 1.29 is 9.53 Å². The standard InChI is InChI=1S/C19H27BrN2O2.ClH/c1-22(11-15-10-16(20)6-7-17(15)24-2)19(23)14-8-12-4-3-5-13(9-14)18(12)21;/h6-7,10,12-14,18H,3-5,8-9,11,21H2,1-2H3;1H. The summed E-state index contributed by atoms with van der Waals surface area (Å²) >= 11 is 3.50. The quantitative estimate of drug-likeness (QED) is 0.784. The molecule has 140 valence electrons. The first-order valence-corrected chi connectivity index (χ1v) is 9.62. The molecule has 1 aromatic carbocycles. The Morgan fingerprint density at radius 3 is 2.56 bits per heavy atom. The fourth-order valence-electron chi connectivity index (χ4n) is 4.51. The summed E-state index contributed by atoms with van der Waals surface area (Å²) < 4.78 is 6.42. The lowest BCUT2D eigenvalue weighted by Crippen LogP contribution is -2.49. The summed E-state index contributed by atoms with van der Waals surface area (Å²) in [5.41, 5.74) is 7.38. The normalized spacial score (nSPS) is 28.0. The third-order valence-corrected chi connectivity index (χ3v) is 6.28. The molecule has 3 rings (SSSR count). The van der Waals surface area contributed by atoms with Gasteiger partial charge in [-0.05, 0) is 55.7 Å². The zero-order valence-electron chi connectivity index (χ0n) is 14.9. The molecule has 0 aliphatic heterocycles. The van der Waals surface area contributed by atoms with E-state index in [-0.39, 0.29) is 24.2 Å². The van der Waals surface area contributed by atoms with E-state index in [1.54, 1.807) is 7.11 Å². The molecule has 2 atom stereocenters. The molecule has 1 amide bonds. The average molecular weight is 432 g/mol. The number of nitrogens with two attached hydrogens (primary N) is 1. The first-order valence-electron chi connectivity index (χ1n) is 8.82. The van der Waals surface area contributed by atoms with Crippen LogP contribution in [0.1, 0.15) is 37.7 Å². The molecule has 2 aliphatic carbocycles. The molecular weight excluding hydrogens is 404 g/mol. The van der Waals surface area contributed by atoms with E-state index < -0.39 is 0 Å². The van der Waals surface area contributed by atoms with Gasteiger partial charge in [0.05, 0.1) is 7.11 Å². The maximum absolute atomic E-state index is 13.0. The van der Waals surface area contributed by atoms with Crippen LogP contribution in [-0.2, 0) is 11.3 Å². The average Bonchev–Trinajstić information content (AvgIpc) is 2.54. The molecule has 2 fully saturated rings. The number of benzene rings is 1. The predicted octanol–water partition coefficient (Wildman–Crippen LogP) is 3.99. The Labute approximate surface area is 165 Å². The Hall–Kier alpha value is -0.780. The molecule has 0 radical (unpaired) electrons. The predicted molar refractivity (Wildman–Crippen MR) is 106 cm³/mol. The maximum atomic E-state index is 13.0. The summed E-state index contributed by atoms with van der Waals surface area (Å²) in [5.74, 6) is 2.25. The highest BCUT2D eigenvalue weighted by Gasteiger charge is 2.41. The largest absolute Gasteiger partial charge is 0.496 e. The molecule has 25 heavy (non-hydrogen) atoms. The molecule has 0 spiro atoms. The van der Waals surface area contributed by atoms with Gasteiger partial charge in [0.25, 0.3) is 0 Å². The van der Waals surface area contributed by atoms with Gasteiger partial charge in [-0.3, -0.25) is 4.79 Å². The summed E-state index contributed by atoms with van der Waals surface area (Å²) in [6, 6.07) is 6.21. The lowest BCUT2D eigenvalue weighted by molar-refractivity contribution is -0.137. The van der Waals surface area contributed by atoms with Gasteiger partial charge in [0.1, 0.15) is 5.75 Å². The molecule has 2 unspecified atom stereocenters. The minimum Gasteiger partial charge on any atom is -0.496 e. The third-order valence-electron chi connectivity index (χ3n) is 5.79. The lowest BCUT2D eigenvalue weighted by Gasteiger charge is -2.44. The van der Waals surface area contributed by atoms with Crippen LogP contribution >= 0.6 is 28.3 Å². The smallest absolute Gasteiger partial charge is 0.225 e. The number of carbonyl (C=O) groups excluding carboxylic acids is 1. The molecule has 2 N–H and O–H groups in total. The maximum Gasteiger partial charge on any atom is 0.225 e. The second-order valence-electron chi connectivity index (χ2n) is 7.35. The molecule has 0 saturated heterocycles. The summed E-state index contributed by atoms with van der Waals surface area (Å²) in [7, 11) is 3.56. The van der Waals surface area contributed by atoms with Crippen molar-refractivity contribution >= 4 is 34.2 Å². The summed E-state index contributed by atoms with van der Waals surface area (Å²) in [6.45, 7) is 0.569. The van der Waals surface area contributed by atoms with Crippen LogP contribution in [0.4, 0.5) is 0 Å². The van der Waals surface area contributed by atoms with E-state index in [0.29, 0.717) is 24.4 Å². The highest BCUT2D eigenvalue weighted by molar-refractivity contribution is 9.10. The van der Waals surface area contributed by atoms with E-state index in [4.69, 9.17) is 10.5 Å². The third kappa shape index (κ3) is 4.50. The summed E-state index contributed by atoms with van der Waals surface area (Å²) in [6.07, 6.45) is 5.55. The number of carbonyl (C=O) groups is 1. The van der Waals surface area contributed by atoms with Crippen LogP contribution in [0.3, 0.4) is 0 Å². The van der Waals surface area contributed by atoms with E-state index in [2.05, 4.69) is 15.9 Å². The van der Waals surface area contributed by atoms with Gasteiger partial charge in [-0.25, -0.2) is 0 Å². The Morgan fingerprint density at radius 2 is 1.96 bits per heavy atom. The fourth-order valence-corrected chi connectivity index (χ4v) is 4.92. The van der Waals surface area contributed by atoms with Gasteiger partial charge in [0, 0.05) is 35.6 Å². The second-order valence-corrected chi connectivity index (χ2v) is 8.26. The van der Waals surface area contributed by atoms with E-state index in [1.165, 1.54) is 19.3 Å². The van der Waals surface area contributed by atoms with Crippen molar-refractivity contribution in [3.8, 4) is 5.75 Å². The minimum atomic E-state index is 0. The van der Waals surface area contributed by atoms with E-state index in [9.17, 15) is 4.79 Å². The van der Waals surface area contributed by atoms with Crippen molar-refractivity contribution in [2.45, 2.75) is 44.7 Å². The van der Waals surface area contributed by atoms with Crippen LogP contribution in [0.15, 0.2) is 22.7 Å². The highest BCUT2D eigenvalue weighted by atomic mass is 79.9. The number of rotatable bonds is 4. The number of ether oxygens (including phenoxy) is 1. The van der Waals surface area contributed by atoms with Crippen molar-refractivity contribution in [3.63, 3.8) is 0 Å². The fraction of sp³-hybridized carbons (Fsp3) is 0.632. The van der Waals surface area contributed by atoms with Gasteiger partial charge < -0.3 is 15.4 Å². The Balaban J connectivity index is 0.00000225. The highest BCUT2D eigenvalue weighted by Crippen LogP contribution is 2.42. The van der Waals surface area contributed by atoms with Gasteiger partial charge in [-0.2, -0.15) is 0 Å². The summed E-state index contributed by atoms with van der Waals surface area (Å²) in [4.78, 5) is 14.8. The van der Waals surface area contributed by atoms with Gasteiger partial charge in [-0.1, -0.05) is 22.4 Å². The van der Waals surface area contributed by atoms with Crippen LogP contribution in [0, 0.1) is 17.8 Å². The van der Waals surface area contributed by atoms with Crippen molar-refractivity contribution in [2.75, 3.05) is 14.2 Å². The number of halogens is 2. The van der Waals surface area contributed by atoms with E-state index in [0.717, 1.165) is 28.6 Å². The number of nitrogens with zero attached hydrogens (tertiary/aromatic N) is 1. The number of hydrogen-bond donors (Lipinski definition) is 1. The monoisotopic (exact) mass is 430 g/mol. The number of hydrogen-bond acceptors (Lipinski definition) is 3. The van der Waals surface area contributed by atoms with E-state index in [1.807, 2.05) is 30.1 Å². The van der Waals surface area contributed by atoms with Crippen molar-refractivity contribution in [2.24, 2.45) is 23.5 Å². The SMILES string of the molecule is COc1ccc(Br)cc1CN(C)C(=O)C1CC2CCCC(C1)C2N.Cl. The van der Waals surface area contributed by atoms with Gasteiger partial charge >= 0.3 is 0 Å². The Morgan fingerprint density at radius 1 is 1.32 bits per heavy atom. The number of amides is 1. The van der Waals surface area contributed by atoms with Gasteiger partial charge in [-0.15, -0.1) is 12.4 Å². The molecule has 0 heterocycles. The molecule has 1 aromatic rings. The molecule has 6 heteroatoms. The van der Waals surface area contributed by atoms with Gasteiger partial charge in [0.15, 0.2) is 0 Å². The van der Waals surface area contributed by atoms with Crippen LogP contribution < -0.4 is 10.5 Å². The van der Waals surface area contributed by atoms with Crippen LogP contribution in [0.5, 0.6) is 5.75 Å². The van der Waals surface area contributed by atoms with E-state index >= 15 is 0 Å². The lowest BCUT2D eigenvalue weighted by atomic mass is 9.65. The Kier molecular flexibility index (Phi) is 7.18. The van der Waals surface area contributed by atoms with Crippen LogP contribution in [0.25, 0.3) is 0 Å². The van der Waals surface area contributed by atoms with Crippen LogP contribution in [-0.4, -0.2) is 31.0 Å². The second kappa shape index (κ2) is 8.74. The topological polar surface area (TPSA) is 55.6 Å². The minimum absolute atomic E-state index is 0. The number of methoxy groups -OCH3 is 1. The first-order chi connectivity index (χ1) is 11.5. The van der Waals surface area contributed by atoms with Crippen molar-refractivity contribution in [1.82, 2.24) is 4.90 Å². The molecule has 2 saturated carbocycles. The molecule has 2 aliphatic rings. The Bertz CT molecular complexity index is 599. The van der Waals surface area contributed by atoms with Crippen LogP contribution in [0.2, 0.25) is 0 Å². The summed E-state index contributed by atoms with van der Waals surface area (Å²) in [5, 5.41) is 0. The molecule has 2 bridgehead atoms.